The minimum atomic E-state index is -0.000783. The zero-order valence-corrected chi connectivity index (χ0v) is 16.8. The molecule has 0 saturated carbocycles. The fourth-order valence-electron chi connectivity index (χ4n) is 3.79. The molecule has 0 aromatic heterocycles. The second-order valence-corrected chi connectivity index (χ2v) is 8.20. The second kappa shape index (κ2) is 8.26. The highest BCUT2D eigenvalue weighted by Gasteiger charge is 2.23. The molecule has 0 N–H and O–H groups in total. The third-order valence-corrected chi connectivity index (χ3v) is 5.99. The van der Waals surface area contributed by atoms with Gasteiger partial charge in [0.15, 0.2) is 0 Å². The van der Waals surface area contributed by atoms with Crippen molar-refractivity contribution in [3.05, 3.63) is 65.2 Å². The van der Waals surface area contributed by atoms with Gasteiger partial charge in [0.2, 0.25) is 0 Å². The fraction of sp³-hybridized carbons (Fsp3) is 0.500. The molecule has 1 saturated heterocycles. The van der Waals surface area contributed by atoms with Crippen molar-refractivity contribution in [2.24, 2.45) is 5.92 Å². The van der Waals surface area contributed by atoms with Crippen LogP contribution in [0.4, 0.5) is 0 Å². The van der Waals surface area contributed by atoms with E-state index in [-0.39, 0.29) is 5.41 Å². The number of rotatable bonds is 6. The van der Waals surface area contributed by atoms with Gasteiger partial charge in [0.05, 0.1) is 6.61 Å². The third kappa shape index (κ3) is 4.48. The molecular weight excluding hydrogens is 318 g/mol. The van der Waals surface area contributed by atoms with Gasteiger partial charge < -0.3 is 9.64 Å². The topological polar surface area (TPSA) is 12.5 Å². The number of aryl methyl sites for hydroxylation is 1. The van der Waals surface area contributed by atoms with E-state index >= 15 is 0 Å². The van der Waals surface area contributed by atoms with Crippen LogP contribution < -0.4 is 4.74 Å². The Kier molecular flexibility index (Phi) is 6.03. The lowest BCUT2D eigenvalue weighted by Gasteiger charge is -2.31. The number of piperidine rings is 1. The molecule has 0 spiro atoms. The molecule has 1 fully saturated rings. The zero-order valence-electron chi connectivity index (χ0n) is 16.8. The van der Waals surface area contributed by atoms with Crippen molar-refractivity contribution >= 4 is 0 Å². The van der Waals surface area contributed by atoms with Crippen LogP contribution in [0.1, 0.15) is 50.3 Å². The fourth-order valence-corrected chi connectivity index (χ4v) is 3.79. The van der Waals surface area contributed by atoms with Gasteiger partial charge in [-0.05, 0) is 68.6 Å². The van der Waals surface area contributed by atoms with Crippen molar-refractivity contribution in [1.29, 1.82) is 0 Å². The minimum absolute atomic E-state index is 0.000783. The number of benzene rings is 2. The van der Waals surface area contributed by atoms with E-state index in [0.717, 1.165) is 12.4 Å². The first-order chi connectivity index (χ1) is 12.5. The minimum Gasteiger partial charge on any atom is -0.493 e. The second-order valence-electron chi connectivity index (χ2n) is 8.20. The van der Waals surface area contributed by atoms with E-state index in [4.69, 9.17) is 4.74 Å². The van der Waals surface area contributed by atoms with E-state index < -0.39 is 0 Å². The Hall–Kier alpha value is -1.80. The first-order valence-electron chi connectivity index (χ1n) is 10.0. The molecule has 1 aliphatic heterocycles. The molecule has 26 heavy (non-hydrogen) atoms. The van der Waals surface area contributed by atoms with Crippen LogP contribution in [0.5, 0.6) is 5.75 Å². The molecular formula is C24H33NO. The Bertz CT molecular complexity index is 679. The molecule has 2 nitrogen and oxygen atoms in total. The van der Waals surface area contributed by atoms with E-state index in [1.54, 1.807) is 0 Å². The molecule has 2 aromatic rings. The summed E-state index contributed by atoms with van der Waals surface area (Å²) in [4.78, 5) is 2.53. The van der Waals surface area contributed by atoms with Gasteiger partial charge in [0, 0.05) is 5.41 Å². The van der Waals surface area contributed by atoms with Crippen LogP contribution in [0.3, 0.4) is 0 Å². The number of ether oxygens (including phenoxy) is 1. The highest BCUT2D eigenvalue weighted by atomic mass is 16.5. The van der Waals surface area contributed by atoms with Crippen molar-refractivity contribution in [3.8, 4) is 5.75 Å². The molecule has 0 unspecified atom stereocenters. The normalized spacial score (nSPS) is 16.6. The molecule has 0 amide bonds. The Morgan fingerprint density at radius 2 is 1.46 bits per heavy atom. The summed E-state index contributed by atoms with van der Waals surface area (Å²) in [6, 6.07) is 17.6. The van der Waals surface area contributed by atoms with Crippen LogP contribution in [0.2, 0.25) is 0 Å². The van der Waals surface area contributed by atoms with Crippen molar-refractivity contribution in [3.63, 3.8) is 0 Å². The van der Waals surface area contributed by atoms with Gasteiger partial charge in [-0.2, -0.15) is 0 Å². The summed E-state index contributed by atoms with van der Waals surface area (Å²) >= 11 is 0. The maximum Gasteiger partial charge on any atom is 0.119 e. The van der Waals surface area contributed by atoms with Gasteiger partial charge in [-0.15, -0.1) is 0 Å². The summed E-state index contributed by atoms with van der Waals surface area (Å²) in [5.74, 6) is 1.69. The van der Waals surface area contributed by atoms with E-state index in [1.807, 2.05) is 0 Å². The van der Waals surface area contributed by atoms with E-state index in [1.165, 1.54) is 49.2 Å². The first kappa shape index (κ1) is 19.0. The van der Waals surface area contributed by atoms with Crippen LogP contribution in [-0.2, 0) is 5.41 Å². The first-order valence-corrected chi connectivity index (χ1v) is 10.0. The molecule has 1 heterocycles. The Morgan fingerprint density at radius 3 is 2.00 bits per heavy atom. The lowest BCUT2D eigenvalue weighted by Crippen LogP contribution is -2.35. The van der Waals surface area contributed by atoms with E-state index in [9.17, 15) is 0 Å². The highest BCUT2D eigenvalue weighted by molar-refractivity contribution is 5.40. The van der Waals surface area contributed by atoms with Crippen LogP contribution in [0.25, 0.3) is 0 Å². The van der Waals surface area contributed by atoms with Crippen LogP contribution in [0, 0.1) is 12.8 Å². The predicted octanol–water partition coefficient (Wildman–Crippen LogP) is 5.43. The number of likely N-dealkylation sites (tertiary alicyclic amines) is 1. The molecule has 2 heteroatoms. The summed E-state index contributed by atoms with van der Waals surface area (Å²) < 4.78 is 6.08. The van der Waals surface area contributed by atoms with Crippen molar-refractivity contribution in [1.82, 2.24) is 4.90 Å². The summed E-state index contributed by atoms with van der Waals surface area (Å²) in [5.41, 5.74) is 3.97. The maximum absolute atomic E-state index is 6.08. The maximum atomic E-state index is 6.08. The predicted molar refractivity (Wildman–Crippen MR) is 110 cm³/mol. The van der Waals surface area contributed by atoms with Gasteiger partial charge in [0.1, 0.15) is 5.75 Å². The van der Waals surface area contributed by atoms with Crippen LogP contribution in [-0.4, -0.2) is 31.1 Å². The van der Waals surface area contributed by atoms with Crippen molar-refractivity contribution in [2.75, 3.05) is 26.2 Å². The number of nitrogens with zero attached hydrogens (tertiary/aromatic N) is 1. The zero-order chi connectivity index (χ0) is 18.6. The molecule has 0 atom stereocenters. The summed E-state index contributed by atoms with van der Waals surface area (Å²) in [6.07, 6.45) is 2.51. The van der Waals surface area contributed by atoms with Gasteiger partial charge in [-0.25, -0.2) is 0 Å². The average Bonchev–Trinajstić information content (AvgIpc) is 2.67. The van der Waals surface area contributed by atoms with Gasteiger partial charge in [-0.1, -0.05) is 62.7 Å². The average molecular weight is 352 g/mol. The Balaban J connectivity index is 1.59. The van der Waals surface area contributed by atoms with Crippen molar-refractivity contribution < 1.29 is 4.74 Å². The molecule has 0 bridgehead atoms. The lowest BCUT2D eigenvalue weighted by molar-refractivity contribution is 0.146. The highest BCUT2D eigenvalue weighted by Crippen LogP contribution is 2.32. The molecule has 0 radical (unpaired) electrons. The smallest absolute Gasteiger partial charge is 0.119 e. The SMILES string of the molecule is CCN1CCC(COc2ccc(C(C)(C)c3ccc(C)cc3)cc2)CC1. The largest absolute Gasteiger partial charge is 0.493 e. The Labute approximate surface area is 159 Å². The van der Waals surface area contributed by atoms with Crippen LogP contribution >= 0.6 is 0 Å². The van der Waals surface area contributed by atoms with Crippen LogP contribution in [0.15, 0.2) is 48.5 Å². The Morgan fingerprint density at radius 1 is 0.923 bits per heavy atom. The number of hydrogen-bond acceptors (Lipinski definition) is 2. The third-order valence-electron chi connectivity index (χ3n) is 5.99. The number of hydrogen-bond donors (Lipinski definition) is 0. The molecule has 3 rings (SSSR count). The monoisotopic (exact) mass is 351 g/mol. The van der Waals surface area contributed by atoms with Gasteiger partial charge in [-0.3, -0.25) is 0 Å². The molecule has 2 aromatic carbocycles. The van der Waals surface area contributed by atoms with E-state index in [2.05, 4.69) is 81.1 Å². The van der Waals surface area contributed by atoms with E-state index in [0.29, 0.717) is 5.92 Å². The molecule has 0 aliphatic carbocycles. The molecule has 140 valence electrons. The van der Waals surface area contributed by atoms with Crippen molar-refractivity contribution in [2.45, 2.75) is 46.0 Å². The quantitative estimate of drug-likeness (QED) is 0.688. The summed E-state index contributed by atoms with van der Waals surface area (Å²) in [5, 5.41) is 0. The standard InChI is InChI=1S/C24H33NO/c1-5-25-16-14-20(15-17-25)18-26-23-12-10-22(11-13-23)24(3,4)21-8-6-19(2)7-9-21/h6-13,20H,5,14-18H2,1-4H3. The van der Waals surface area contributed by atoms with Gasteiger partial charge >= 0.3 is 0 Å². The lowest BCUT2D eigenvalue weighted by atomic mass is 9.78. The summed E-state index contributed by atoms with van der Waals surface area (Å²) in [6.45, 7) is 13.4. The molecule has 1 aliphatic rings. The van der Waals surface area contributed by atoms with Gasteiger partial charge in [0.25, 0.3) is 0 Å². The summed E-state index contributed by atoms with van der Waals surface area (Å²) in [7, 11) is 0.